The molecule has 1 aromatic carbocycles. The van der Waals surface area contributed by atoms with E-state index in [2.05, 4.69) is 10.3 Å². The second kappa shape index (κ2) is 6.50. The van der Waals surface area contributed by atoms with Gasteiger partial charge >= 0.3 is 0 Å². The van der Waals surface area contributed by atoms with Crippen molar-refractivity contribution < 1.29 is 9.84 Å². The number of methoxy groups -OCH3 is 1. The van der Waals surface area contributed by atoms with Gasteiger partial charge in [0.25, 0.3) is 0 Å². The number of pyridine rings is 1. The van der Waals surface area contributed by atoms with Gasteiger partial charge in [0.05, 0.1) is 18.2 Å². The van der Waals surface area contributed by atoms with Crippen LogP contribution in [0.15, 0.2) is 30.3 Å². The minimum Gasteiger partial charge on any atom is -0.396 e. The Hall–Kier alpha value is -1.65. The number of benzene rings is 1. The number of para-hydroxylation sites is 1. The Balaban J connectivity index is 2.32. The second-order valence-corrected chi connectivity index (χ2v) is 4.64. The van der Waals surface area contributed by atoms with E-state index in [1.54, 1.807) is 7.11 Å². The molecule has 2 aromatic rings. The average Bonchev–Trinajstić information content (AvgIpc) is 2.39. The standard InChI is InChI=1S/C15H20N2O2/c1-11-9-15(17-12(7-8-18)10-19-2)13-5-3-4-6-14(13)16-11/h3-6,9,12,18H,7-8,10H2,1-2H3,(H,16,17). The number of aliphatic hydroxyl groups excluding tert-OH is 1. The van der Waals surface area contributed by atoms with E-state index in [4.69, 9.17) is 9.84 Å². The summed E-state index contributed by atoms with van der Waals surface area (Å²) < 4.78 is 5.18. The van der Waals surface area contributed by atoms with Crippen LogP contribution in [0.2, 0.25) is 0 Å². The van der Waals surface area contributed by atoms with Gasteiger partial charge in [-0.2, -0.15) is 0 Å². The number of nitrogens with zero attached hydrogens (tertiary/aromatic N) is 1. The molecule has 0 bridgehead atoms. The highest BCUT2D eigenvalue weighted by molar-refractivity contribution is 5.91. The van der Waals surface area contributed by atoms with Gasteiger partial charge in [0.1, 0.15) is 0 Å². The summed E-state index contributed by atoms with van der Waals surface area (Å²) >= 11 is 0. The van der Waals surface area contributed by atoms with E-state index in [9.17, 15) is 0 Å². The number of hydrogen-bond donors (Lipinski definition) is 2. The molecule has 2 N–H and O–H groups in total. The number of aryl methyl sites for hydroxylation is 1. The van der Waals surface area contributed by atoms with Crippen molar-refractivity contribution in [1.29, 1.82) is 0 Å². The Labute approximate surface area is 113 Å². The Morgan fingerprint density at radius 1 is 1.37 bits per heavy atom. The van der Waals surface area contributed by atoms with Crippen LogP contribution in [0, 0.1) is 6.92 Å². The molecule has 0 spiro atoms. The predicted octanol–water partition coefficient (Wildman–Crippen LogP) is 2.35. The van der Waals surface area contributed by atoms with Gasteiger partial charge in [0.2, 0.25) is 0 Å². The van der Waals surface area contributed by atoms with Crippen molar-refractivity contribution in [1.82, 2.24) is 4.98 Å². The largest absolute Gasteiger partial charge is 0.396 e. The highest BCUT2D eigenvalue weighted by atomic mass is 16.5. The molecule has 0 radical (unpaired) electrons. The molecule has 0 saturated carbocycles. The van der Waals surface area contributed by atoms with Gasteiger partial charge in [-0.3, -0.25) is 4.98 Å². The summed E-state index contributed by atoms with van der Waals surface area (Å²) in [6, 6.07) is 10.2. The number of fused-ring (bicyclic) bond motifs is 1. The SMILES string of the molecule is COCC(CCO)Nc1cc(C)nc2ccccc12. The van der Waals surface area contributed by atoms with Crippen molar-refractivity contribution in [3.05, 3.63) is 36.0 Å². The van der Waals surface area contributed by atoms with E-state index in [0.717, 1.165) is 22.3 Å². The summed E-state index contributed by atoms with van der Waals surface area (Å²) in [5.74, 6) is 0. The van der Waals surface area contributed by atoms with Gasteiger partial charge in [0, 0.05) is 30.5 Å². The maximum Gasteiger partial charge on any atom is 0.0725 e. The summed E-state index contributed by atoms with van der Waals surface area (Å²) in [5, 5.41) is 13.6. The molecule has 4 heteroatoms. The zero-order valence-corrected chi connectivity index (χ0v) is 11.4. The number of aromatic nitrogens is 1. The zero-order chi connectivity index (χ0) is 13.7. The molecule has 1 atom stereocenters. The molecule has 102 valence electrons. The number of ether oxygens (including phenoxy) is 1. The first-order valence-corrected chi connectivity index (χ1v) is 6.47. The first-order chi connectivity index (χ1) is 9.24. The molecular weight excluding hydrogens is 240 g/mol. The normalized spacial score (nSPS) is 12.6. The van der Waals surface area contributed by atoms with Crippen molar-refractivity contribution in [3.8, 4) is 0 Å². The van der Waals surface area contributed by atoms with E-state index < -0.39 is 0 Å². The molecule has 1 aromatic heterocycles. The lowest BCUT2D eigenvalue weighted by atomic mass is 10.1. The molecule has 0 aliphatic rings. The molecule has 0 amide bonds. The fraction of sp³-hybridized carbons (Fsp3) is 0.400. The Bertz CT molecular complexity index is 537. The summed E-state index contributed by atoms with van der Waals surface area (Å²) in [5.41, 5.74) is 2.99. The van der Waals surface area contributed by atoms with Gasteiger partial charge in [0.15, 0.2) is 0 Å². The van der Waals surface area contributed by atoms with Crippen molar-refractivity contribution in [2.75, 3.05) is 25.6 Å². The van der Waals surface area contributed by atoms with Gasteiger partial charge in [-0.05, 0) is 25.5 Å². The zero-order valence-electron chi connectivity index (χ0n) is 11.4. The van der Waals surface area contributed by atoms with E-state index in [-0.39, 0.29) is 12.6 Å². The first kappa shape index (κ1) is 13.8. The molecule has 2 rings (SSSR count). The van der Waals surface area contributed by atoms with Crippen LogP contribution in [0.4, 0.5) is 5.69 Å². The quantitative estimate of drug-likeness (QED) is 0.837. The topological polar surface area (TPSA) is 54.4 Å². The van der Waals surface area contributed by atoms with Crippen molar-refractivity contribution in [3.63, 3.8) is 0 Å². The maximum atomic E-state index is 9.10. The predicted molar refractivity (Wildman–Crippen MR) is 77.5 cm³/mol. The van der Waals surface area contributed by atoms with Crippen molar-refractivity contribution >= 4 is 16.6 Å². The van der Waals surface area contributed by atoms with Crippen LogP contribution in [0.5, 0.6) is 0 Å². The number of aliphatic hydroxyl groups is 1. The van der Waals surface area contributed by atoms with E-state index in [0.29, 0.717) is 13.0 Å². The Morgan fingerprint density at radius 3 is 2.89 bits per heavy atom. The first-order valence-electron chi connectivity index (χ1n) is 6.47. The van der Waals surface area contributed by atoms with Crippen LogP contribution >= 0.6 is 0 Å². The molecule has 0 aliphatic carbocycles. The van der Waals surface area contributed by atoms with Crippen LogP contribution in [0.3, 0.4) is 0 Å². The van der Waals surface area contributed by atoms with Gasteiger partial charge < -0.3 is 15.2 Å². The lowest BCUT2D eigenvalue weighted by Gasteiger charge is -2.19. The van der Waals surface area contributed by atoms with Gasteiger partial charge in [-0.1, -0.05) is 18.2 Å². The minimum absolute atomic E-state index is 0.0974. The van der Waals surface area contributed by atoms with Crippen LogP contribution in [0.25, 0.3) is 10.9 Å². The molecule has 4 nitrogen and oxygen atoms in total. The molecule has 0 fully saturated rings. The lowest BCUT2D eigenvalue weighted by Crippen LogP contribution is -2.26. The third-order valence-corrected chi connectivity index (χ3v) is 3.05. The number of anilines is 1. The molecule has 0 saturated heterocycles. The van der Waals surface area contributed by atoms with Crippen LogP contribution in [-0.2, 0) is 4.74 Å². The summed E-state index contributed by atoms with van der Waals surface area (Å²) in [6.07, 6.45) is 0.656. The number of rotatable bonds is 6. The lowest BCUT2D eigenvalue weighted by molar-refractivity contribution is 0.170. The van der Waals surface area contributed by atoms with E-state index in [1.165, 1.54) is 0 Å². The molecule has 19 heavy (non-hydrogen) atoms. The highest BCUT2D eigenvalue weighted by Gasteiger charge is 2.10. The van der Waals surface area contributed by atoms with Crippen molar-refractivity contribution in [2.24, 2.45) is 0 Å². The van der Waals surface area contributed by atoms with Gasteiger partial charge in [-0.25, -0.2) is 0 Å². The molecular formula is C15H20N2O2. The minimum atomic E-state index is 0.0974. The highest BCUT2D eigenvalue weighted by Crippen LogP contribution is 2.23. The van der Waals surface area contributed by atoms with E-state index in [1.807, 2.05) is 37.3 Å². The molecule has 1 heterocycles. The molecule has 1 unspecified atom stereocenters. The Morgan fingerprint density at radius 2 is 2.16 bits per heavy atom. The summed E-state index contributed by atoms with van der Waals surface area (Å²) in [4.78, 5) is 4.51. The summed E-state index contributed by atoms with van der Waals surface area (Å²) in [7, 11) is 1.67. The molecule has 0 aliphatic heterocycles. The fourth-order valence-corrected chi connectivity index (χ4v) is 2.20. The number of nitrogens with one attached hydrogen (secondary N) is 1. The summed E-state index contributed by atoms with van der Waals surface area (Å²) in [6.45, 7) is 2.69. The second-order valence-electron chi connectivity index (χ2n) is 4.64. The third-order valence-electron chi connectivity index (χ3n) is 3.05. The van der Waals surface area contributed by atoms with Gasteiger partial charge in [-0.15, -0.1) is 0 Å². The van der Waals surface area contributed by atoms with E-state index >= 15 is 0 Å². The maximum absolute atomic E-state index is 9.10. The fourth-order valence-electron chi connectivity index (χ4n) is 2.20. The smallest absolute Gasteiger partial charge is 0.0725 e. The average molecular weight is 260 g/mol. The third kappa shape index (κ3) is 3.43. The Kier molecular flexibility index (Phi) is 4.71. The van der Waals surface area contributed by atoms with Crippen LogP contribution < -0.4 is 5.32 Å². The van der Waals surface area contributed by atoms with Crippen molar-refractivity contribution in [2.45, 2.75) is 19.4 Å². The van der Waals surface area contributed by atoms with Crippen LogP contribution in [0.1, 0.15) is 12.1 Å². The monoisotopic (exact) mass is 260 g/mol. The number of hydrogen-bond acceptors (Lipinski definition) is 4. The van der Waals surface area contributed by atoms with Crippen LogP contribution in [-0.4, -0.2) is 36.5 Å².